The predicted octanol–water partition coefficient (Wildman–Crippen LogP) is 0.738. The van der Waals surface area contributed by atoms with Crippen molar-refractivity contribution in [3.8, 4) is 0 Å². The monoisotopic (exact) mass is 214 g/mol. The van der Waals surface area contributed by atoms with Crippen LogP contribution < -0.4 is 0 Å². The van der Waals surface area contributed by atoms with Crippen molar-refractivity contribution in [2.45, 2.75) is 32.5 Å². The molecular weight excluding hydrogens is 200 g/mol. The standard InChI is InChI=1S/C10H14O5/c1-6(2)3-8-10(15-5-14-8)7(11)4-9(12)13/h3,8,10H,4-5H2,1-2H3,(H,12,13)/t8-,10+/m0/s1. The Morgan fingerprint density at radius 3 is 2.60 bits per heavy atom. The maximum atomic E-state index is 11.4. The molecule has 0 bridgehead atoms. The molecule has 1 rings (SSSR count). The number of hydrogen-bond donors (Lipinski definition) is 1. The van der Waals surface area contributed by atoms with Crippen LogP contribution in [0.3, 0.4) is 0 Å². The summed E-state index contributed by atoms with van der Waals surface area (Å²) in [6, 6.07) is 0. The number of carbonyl (C=O) groups excluding carboxylic acids is 1. The van der Waals surface area contributed by atoms with E-state index in [1.807, 2.05) is 13.8 Å². The van der Waals surface area contributed by atoms with Gasteiger partial charge in [-0.25, -0.2) is 0 Å². The third-order valence-electron chi connectivity index (χ3n) is 1.95. The molecule has 1 N–H and O–H groups in total. The second kappa shape index (κ2) is 5.04. The van der Waals surface area contributed by atoms with Gasteiger partial charge in [0.05, 0.1) is 0 Å². The number of carbonyl (C=O) groups is 2. The van der Waals surface area contributed by atoms with Gasteiger partial charge in [-0.05, 0) is 13.8 Å². The van der Waals surface area contributed by atoms with Gasteiger partial charge < -0.3 is 14.6 Å². The zero-order valence-electron chi connectivity index (χ0n) is 8.73. The molecule has 5 nitrogen and oxygen atoms in total. The van der Waals surface area contributed by atoms with E-state index in [4.69, 9.17) is 14.6 Å². The average Bonchev–Trinajstić information content (AvgIpc) is 2.49. The maximum Gasteiger partial charge on any atom is 0.310 e. The van der Waals surface area contributed by atoms with Gasteiger partial charge >= 0.3 is 5.97 Å². The van der Waals surface area contributed by atoms with Crippen molar-refractivity contribution in [1.29, 1.82) is 0 Å². The summed E-state index contributed by atoms with van der Waals surface area (Å²) in [5.74, 6) is -1.60. The summed E-state index contributed by atoms with van der Waals surface area (Å²) in [7, 11) is 0. The van der Waals surface area contributed by atoms with Gasteiger partial charge in [-0.15, -0.1) is 0 Å². The van der Waals surface area contributed by atoms with Crippen molar-refractivity contribution in [3.63, 3.8) is 0 Å². The number of Topliss-reactive ketones (excluding diaryl/α,β-unsaturated/α-hetero) is 1. The number of aliphatic carboxylic acids is 1. The highest BCUT2D eigenvalue weighted by atomic mass is 16.7. The van der Waals surface area contributed by atoms with Crippen LogP contribution in [0.15, 0.2) is 11.6 Å². The molecule has 0 radical (unpaired) electrons. The Morgan fingerprint density at radius 2 is 2.07 bits per heavy atom. The van der Waals surface area contributed by atoms with Crippen molar-refractivity contribution in [1.82, 2.24) is 0 Å². The van der Waals surface area contributed by atoms with Gasteiger partial charge in [-0.3, -0.25) is 9.59 Å². The summed E-state index contributed by atoms with van der Waals surface area (Å²) in [5.41, 5.74) is 0.999. The molecule has 0 aromatic rings. The zero-order valence-corrected chi connectivity index (χ0v) is 8.73. The van der Waals surface area contributed by atoms with Crippen LogP contribution in [0.1, 0.15) is 20.3 Å². The summed E-state index contributed by atoms with van der Waals surface area (Å²) < 4.78 is 10.2. The van der Waals surface area contributed by atoms with Crippen LogP contribution >= 0.6 is 0 Å². The molecule has 5 heteroatoms. The maximum absolute atomic E-state index is 11.4. The van der Waals surface area contributed by atoms with Crippen molar-refractivity contribution in [2.24, 2.45) is 0 Å². The Morgan fingerprint density at radius 1 is 1.40 bits per heavy atom. The number of ether oxygens (including phenoxy) is 2. The summed E-state index contributed by atoms with van der Waals surface area (Å²) >= 11 is 0. The Balaban J connectivity index is 2.64. The minimum Gasteiger partial charge on any atom is -0.481 e. The van der Waals surface area contributed by atoms with Gasteiger partial charge in [-0.1, -0.05) is 11.6 Å². The van der Waals surface area contributed by atoms with Gasteiger partial charge in [0.2, 0.25) is 0 Å². The first-order chi connectivity index (χ1) is 7.00. The fourth-order valence-electron chi connectivity index (χ4n) is 1.36. The van der Waals surface area contributed by atoms with Crippen LogP contribution in [-0.2, 0) is 19.1 Å². The van der Waals surface area contributed by atoms with Gasteiger partial charge in [-0.2, -0.15) is 0 Å². The molecule has 0 amide bonds. The number of hydrogen-bond acceptors (Lipinski definition) is 4. The molecule has 2 atom stereocenters. The highest BCUT2D eigenvalue weighted by Crippen LogP contribution is 2.17. The third-order valence-corrected chi connectivity index (χ3v) is 1.95. The first kappa shape index (κ1) is 11.9. The smallest absolute Gasteiger partial charge is 0.310 e. The average molecular weight is 214 g/mol. The number of rotatable bonds is 4. The molecule has 0 aliphatic carbocycles. The fraction of sp³-hybridized carbons (Fsp3) is 0.600. The van der Waals surface area contributed by atoms with Crippen molar-refractivity contribution < 1.29 is 24.2 Å². The van der Waals surface area contributed by atoms with E-state index in [9.17, 15) is 9.59 Å². The highest BCUT2D eigenvalue weighted by Gasteiger charge is 2.34. The molecule has 0 spiro atoms. The fourth-order valence-corrected chi connectivity index (χ4v) is 1.36. The van der Waals surface area contributed by atoms with Crippen molar-refractivity contribution in [3.05, 3.63) is 11.6 Å². The lowest BCUT2D eigenvalue weighted by Gasteiger charge is -2.11. The zero-order chi connectivity index (χ0) is 11.4. The SMILES string of the molecule is CC(C)=C[C@@H]1OCO[C@@H]1C(=O)CC(=O)O. The van der Waals surface area contributed by atoms with E-state index in [0.29, 0.717) is 0 Å². The minimum atomic E-state index is -1.15. The Bertz CT molecular complexity index is 290. The number of ketones is 1. The van der Waals surface area contributed by atoms with Crippen LogP contribution in [0, 0.1) is 0 Å². The van der Waals surface area contributed by atoms with Gasteiger partial charge in [0, 0.05) is 0 Å². The van der Waals surface area contributed by atoms with E-state index >= 15 is 0 Å². The lowest BCUT2D eigenvalue weighted by molar-refractivity contribution is -0.142. The quantitative estimate of drug-likeness (QED) is 0.552. The molecule has 1 heterocycles. The molecule has 1 aliphatic rings. The van der Waals surface area contributed by atoms with Crippen molar-refractivity contribution in [2.75, 3.05) is 6.79 Å². The number of carboxylic acid groups (broad SMARTS) is 1. The van der Waals surface area contributed by atoms with Crippen LogP contribution in [0.2, 0.25) is 0 Å². The van der Waals surface area contributed by atoms with E-state index < -0.39 is 30.4 Å². The first-order valence-corrected chi connectivity index (χ1v) is 4.63. The molecule has 0 unspecified atom stereocenters. The molecule has 1 saturated heterocycles. The predicted molar refractivity (Wildman–Crippen MR) is 51.3 cm³/mol. The number of carboxylic acids is 1. The van der Waals surface area contributed by atoms with E-state index in [0.717, 1.165) is 5.57 Å². The molecular formula is C10H14O5. The Kier molecular flexibility index (Phi) is 3.99. The van der Waals surface area contributed by atoms with E-state index in [-0.39, 0.29) is 6.79 Å². The highest BCUT2D eigenvalue weighted by molar-refractivity contribution is 5.97. The Labute approximate surface area is 87.7 Å². The van der Waals surface area contributed by atoms with E-state index in [1.165, 1.54) is 0 Å². The van der Waals surface area contributed by atoms with Crippen LogP contribution in [0.5, 0.6) is 0 Å². The van der Waals surface area contributed by atoms with Crippen LogP contribution in [-0.4, -0.2) is 35.9 Å². The summed E-state index contributed by atoms with van der Waals surface area (Å²) in [6.45, 7) is 3.78. The molecule has 0 aromatic heterocycles. The molecule has 1 fully saturated rings. The summed E-state index contributed by atoms with van der Waals surface area (Å²) in [6.07, 6.45) is -0.00343. The second-order valence-corrected chi connectivity index (χ2v) is 3.62. The molecule has 0 saturated carbocycles. The van der Waals surface area contributed by atoms with Crippen molar-refractivity contribution >= 4 is 11.8 Å². The Hall–Kier alpha value is -1.20. The molecule has 0 aromatic carbocycles. The first-order valence-electron chi connectivity index (χ1n) is 4.63. The van der Waals surface area contributed by atoms with Crippen LogP contribution in [0.25, 0.3) is 0 Å². The molecule has 84 valence electrons. The third kappa shape index (κ3) is 3.45. The topological polar surface area (TPSA) is 72.8 Å². The number of allylic oxidation sites excluding steroid dienone is 1. The van der Waals surface area contributed by atoms with Gasteiger partial charge in [0.1, 0.15) is 25.4 Å². The van der Waals surface area contributed by atoms with E-state index in [1.54, 1.807) is 6.08 Å². The van der Waals surface area contributed by atoms with Gasteiger partial charge in [0.25, 0.3) is 0 Å². The largest absolute Gasteiger partial charge is 0.481 e. The minimum absolute atomic E-state index is 0.0322. The van der Waals surface area contributed by atoms with Gasteiger partial charge in [0.15, 0.2) is 5.78 Å². The molecule has 1 aliphatic heterocycles. The lowest BCUT2D eigenvalue weighted by Crippen LogP contribution is -2.31. The summed E-state index contributed by atoms with van der Waals surface area (Å²) in [5, 5.41) is 8.48. The van der Waals surface area contributed by atoms with Crippen LogP contribution in [0.4, 0.5) is 0 Å². The normalized spacial score (nSPS) is 24.9. The van der Waals surface area contributed by atoms with E-state index in [2.05, 4.69) is 0 Å². The lowest BCUT2D eigenvalue weighted by atomic mass is 10.1. The summed E-state index contributed by atoms with van der Waals surface area (Å²) in [4.78, 5) is 21.8. The second-order valence-electron chi connectivity index (χ2n) is 3.62. The molecule has 15 heavy (non-hydrogen) atoms.